The maximum atomic E-state index is 9.98. The monoisotopic (exact) mass is 293 g/mol. The lowest BCUT2D eigenvalue weighted by Crippen LogP contribution is -2.40. The van der Waals surface area contributed by atoms with E-state index in [1.807, 2.05) is 31.2 Å². The van der Waals surface area contributed by atoms with E-state index in [-0.39, 0.29) is 18.6 Å². The molecule has 118 valence electrons. The highest BCUT2D eigenvalue weighted by atomic mass is 16.5. The first-order chi connectivity index (χ1) is 10.2. The summed E-state index contributed by atoms with van der Waals surface area (Å²) in [6.07, 6.45) is 4.00. The molecule has 0 heterocycles. The molecule has 0 bridgehead atoms. The summed E-state index contributed by atoms with van der Waals surface area (Å²) in [5, 5.41) is 22.8. The minimum Gasteiger partial charge on any atom is -0.491 e. The zero-order valence-electron chi connectivity index (χ0n) is 12.8. The van der Waals surface area contributed by atoms with E-state index in [1.165, 1.54) is 12.8 Å². The van der Waals surface area contributed by atoms with Gasteiger partial charge in [0.25, 0.3) is 0 Å². The molecule has 0 radical (unpaired) electrons. The van der Waals surface area contributed by atoms with Gasteiger partial charge in [0.1, 0.15) is 18.5 Å². The van der Waals surface area contributed by atoms with Crippen LogP contribution in [0.25, 0.3) is 0 Å². The van der Waals surface area contributed by atoms with Crippen molar-refractivity contribution in [3.63, 3.8) is 0 Å². The summed E-state index contributed by atoms with van der Waals surface area (Å²) in [6.45, 7) is 3.77. The van der Waals surface area contributed by atoms with Crippen molar-refractivity contribution in [1.29, 1.82) is 0 Å². The van der Waals surface area contributed by atoms with Crippen LogP contribution in [0, 0.1) is 12.3 Å². The van der Waals surface area contributed by atoms with Gasteiger partial charge in [-0.1, -0.05) is 31.0 Å². The van der Waals surface area contributed by atoms with Gasteiger partial charge < -0.3 is 20.3 Å². The zero-order chi connectivity index (χ0) is 15.1. The van der Waals surface area contributed by atoms with Crippen molar-refractivity contribution in [2.24, 2.45) is 5.41 Å². The van der Waals surface area contributed by atoms with Crippen molar-refractivity contribution >= 4 is 0 Å². The van der Waals surface area contributed by atoms with E-state index in [4.69, 9.17) is 4.74 Å². The fraction of sp³-hybridized carbons (Fsp3) is 0.647. The zero-order valence-corrected chi connectivity index (χ0v) is 12.8. The van der Waals surface area contributed by atoms with Gasteiger partial charge in [-0.3, -0.25) is 0 Å². The average molecular weight is 293 g/mol. The number of hydrogen-bond donors (Lipinski definition) is 3. The van der Waals surface area contributed by atoms with Crippen LogP contribution in [0.2, 0.25) is 0 Å². The third-order valence-corrected chi connectivity index (χ3v) is 4.40. The van der Waals surface area contributed by atoms with E-state index in [9.17, 15) is 10.2 Å². The lowest BCUT2D eigenvalue weighted by atomic mass is 9.87. The number of ether oxygens (including phenoxy) is 1. The first-order valence-electron chi connectivity index (χ1n) is 7.83. The van der Waals surface area contributed by atoms with Gasteiger partial charge in [0.05, 0.1) is 0 Å². The molecule has 1 atom stereocenters. The van der Waals surface area contributed by atoms with Crippen LogP contribution >= 0.6 is 0 Å². The smallest absolute Gasteiger partial charge is 0.122 e. The predicted molar refractivity (Wildman–Crippen MR) is 83.5 cm³/mol. The molecule has 4 nitrogen and oxygen atoms in total. The van der Waals surface area contributed by atoms with Gasteiger partial charge in [-0.2, -0.15) is 0 Å². The molecule has 0 aliphatic heterocycles. The molecule has 0 aromatic heterocycles. The molecule has 3 N–H and O–H groups in total. The number of para-hydroxylation sites is 1. The van der Waals surface area contributed by atoms with Crippen LogP contribution in [0.3, 0.4) is 0 Å². The van der Waals surface area contributed by atoms with E-state index in [0.29, 0.717) is 6.54 Å². The van der Waals surface area contributed by atoms with Gasteiger partial charge in [0, 0.05) is 25.1 Å². The number of aliphatic hydroxyl groups excluding tert-OH is 2. The van der Waals surface area contributed by atoms with Gasteiger partial charge in [0.15, 0.2) is 0 Å². The summed E-state index contributed by atoms with van der Waals surface area (Å²) in [5.41, 5.74) is 1.10. The Morgan fingerprint density at radius 2 is 2.00 bits per heavy atom. The number of hydrogen-bond acceptors (Lipinski definition) is 4. The van der Waals surface area contributed by atoms with Gasteiger partial charge in [-0.05, 0) is 31.4 Å². The molecule has 0 saturated heterocycles. The number of aryl methyl sites for hydroxylation is 1. The first kappa shape index (κ1) is 16.3. The predicted octanol–water partition coefficient (Wildman–Crippen LogP) is 1.88. The second-order valence-corrected chi connectivity index (χ2v) is 6.23. The Kier molecular flexibility index (Phi) is 6.03. The lowest BCUT2D eigenvalue weighted by molar-refractivity contribution is 0.0915. The van der Waals surface area contributed by atoms with Crippen LogP contribution in [0.4, 0.5) is 0 Å². The molecule has 1 aromatic rings. The van der Waals surface area contributed by atoms with Crippen molar-refractivity contribution in [3.8, 4) is 5.75 Å². The van der Waals surface area contributed by atoms with E-state index < -0.39 is 6.10 Å². The first-order valence-corrected chi connectivity index (χ1v) is 7.83. The Bertz CT molecular complexity index is 430. The second kappa shape index (κ2) is 7.78. The highest BCUT2D eigenvalue weighted by molar-refractivity contribution is 5.31. The summed E-state index contributed by atoms with van der Waals surface area (Å²) in [4.78, 5) is 0. The Morgan fingerprint density at radius 3 is 2.67 bits per heavy atom. The minimum atomic E-state index is -0.540. The van der Waals surface area contributed by atoms with Gasteiger partial charge in [-0.15, -0.1) is 0 Å². The number of benzene rings is 1. The van der Waals surface area contributed by atoms with Crippen LogP contribution in [0.1, 0.15) is 31.2 Å². The quantitative estimate of drug-likeness (QED) is 0.685. The Balaban J connectivity index is 1.68. The molecular formula is C17H27NO3. The maximum absolute atomic E-state index is 9.98. The number of nitrogens with one attached hydrogen (secondary N) is 1. The van der Waals surface area contributed by atoms with E-state index >= 15 is 0 Å². The normalized spacial score (nSPS) is 18.6. The van der Waals surface area contributed by atoms with Crippen LogP contribution < -0.4 is 10.1 Å². The molecule has 2 rings (SSSR count). The van der Waals surface area contributed by atoms with Crippen LogP contribution in [-0.2, 0) is 0 Å². The molecule has 1 saturated carbocycles. The van der Waals surface area contributed by atoms with Crippen molar-refractivity contribution in [1.82, 2.24) is 5.32 Å². The molecule has 0 spiro atoms. The molecule has 4 heteroatoms. The Morgan fingerprint density at radius 1 is 1.29 bits per heavy atom. The molecule has 1 aliphatic rings. The van der Waals surface area contributed by atoms with Crippen LogP contribution in [-0.4, -0.2) is 42.6 Å². The largest absolute Gasteiger partial charge is 0.491 e. The Labute approximate surface area is 127 Å². The fourth-order valence-corrected chi connectivity index (χ4v) is 2.98. The van der Waals surface area contributed by atoms with E-state index in [2.05, 4.69) is 5.32 Å². The van der Waals surface area contributed by atoms with Crippen molar-refractivity contribution in [3.05, 3.63) is 29.8 Å². The Hall–Kier alpha value is -1.10. The summed E-state index contributed by atoms with van der Waals surface area (Å²) in [7, 11) is 0. The SMILES string of the molecule is Cc1ccccc1OCC(O)CNCC1(CO)CCCC1. The van der Waals surface area contributed by atoms with Crippen molar-refractivity contribution in [2.75, 3.05) is 26.3 Å². The molecular weight excluding hydrogens is 266 g/mol. The molecule has 21 heavy (non-hydrogen) atoms. The standard InChI is InChI=1S/C17H27NO3/c1-14-6-2-3-7-16(14)21-11-15(20)10-18-12-17(13-19)8-4-5-9-17/h2-3,6-7,15,18-20H,4-5,8-13H2,1H3. The number of rotatable bonds is 8. The van der Waals surface area contributed by atoms with Crippen LogP contribution in [0.15, 0.2) is 24.3 Å². The maximum Gasteiger partial charge on any atom is 0.122 e. The highest BCUT2D eigenvalue weighted by Gasteiger charge is 2.32. The van der Waals surface area contributed by atoms with Gasteiger partial charge >= 0.3 is 0 Å². The fourth-order valence-electron chi connectivity index (χ4n) is 2.98. The summed E-state index contributed by atoms with van der Waals surface area (Å²) < 4.78 is 5.63. The highest BCUT2D eigenvalue weighted by Crippen LogP contribution is 2.36. The van der Waals surface area contributed by atoms with E-state index in [0.717, 1.165) is 30.7 Å². The van der Waals surface area contributed by atoms with Crippen LogP contribution in [0.5, 0.6) is 5.75 Å². The molecule has 1 fully saturated rings. The lowest BCUT2D eigenvalue weighted by Gasteiger charge is -2.27. The summed E-state index contributed by atoms with van der Waals surface area (Å²) >= 11 is 0. The summed E-state index contributed by atoms with van der Waals surface area (Å²) in [5.74, 6) is 0.819. The minimum absolute atomic E-state index is 0.0244. The third kappa shape index (κ3) is 4.70. The third-order valence-electron chi connectivity index (χ3n) is 4.40. The van der Waals surface area contributed by atoms with Gasteiger partial charge in [-0.25, -0.2) is 0 Å². The van der Waals surface area contributed by atoms with E-state index in [1.54, 1.807) is 0 Å². The molecule has 0 amide bonds. The second-order valence-electron chi connectivity index (χ2n) is 6.23. The van der Waals surface area contributed by atoms with Crippen molar-refractivity contribution in [2.45, 2.75) is 38.7 Å². The number of aliphatic hydroxyl groups is 2. The van der Waals surface area contributed by atoms with Gasteiger partial charge in [0.2, 0.25) is 0 Å². The van der Waals surface area contributed by atoms with Crippen molar-refractivity contribution < 1.29 is 14.9 Å². The molecule has 1 aromatic carbocycles. The summed E-state index contributed by atoms with van der Waals surface area (Å²) in [6, 6.07) is 7.80. The average Bonchev–Trinajstić information content (AvgIpc) is 2.96. The molecule has 1 unspecified atom stereocenters. The topological polar surface area (TPSA) is 61.7 Å². The molecule has 1 aliphatic carbocycles.